The normalized spacial score (nSPS) is 23.8. The number of rotatable bonds is 5. The first kappa shape index (κ1) is 11.6. The van der Waals surface area contributed by atoms with Crippen LogP contribution in [0.1, 0.15) is 18.4 Å². The summed E-state index contributed by atoms with van der Waals surface area (Å²) in [7, 11) is 0. The lowest BCUT2D eigenvalue weighted by molar-refractivity contribution is -0.129. The number of carbonyl (C=O) groups excluding carboxylic acids is 1. The fraction of sp³-hybridized carbons (Fsp3) is 0.462. The zero-order valence-electron chi connectivity index (χ0n) is 9.06. The Morgan fingerprint density at radius 2 is 2.00 bits per heavy atom. The van der Waals surface area contributed by atoms with Gasteiger partial charge < -0.3 is 4.74 Å². The maximum absolute atomic E-state index is 11.2. The molecule has 0 N–H and O–H groups in total. The first-order valence-electron chi connectivity index (χ1n) is 5.54. The van der Waals surface area contributed by atoms with Crippen LogP contribution in [0.4, 0.5) is 0 Å². The van der Waals surface area contributed by atoms with Gasteiger partial charge in [0.15, 0.2) is 5.78 Å². The van der Waals surface area contributed by atoms with Gasteiger partial charge in [0.1, 0.15) is 0 Å². The number of benzene rings is 1. The Bertz CT molecular complexity index is 344. The minimum atomic E-state index is 0.135. The van der Waals surface area contributed by atoms with Crippen molar-refractivity contribution in [3.05, 3.63) is 35.9 Å². The molecule has 0 radical (unpaired) electrons. The third kappa shape index (κ3) is 2.83. The van der Waals surface area contributed by atoms with Crippen molar-refractivity contribution in [3.63, 3.8) is 0 Å². The van der Waals surface area contributed by atoms with Crippen LogP contribution in [0.15, 0.2) is 30.3 Å². The SMILES string of the molecule is O=C(CCl)C1CC(OCc2ccccc2)C1. The van der Waals surface area contributed by atoms with E-state index in [1.54, 1.807) is 0 Å². The topological polar surface area (TPSA) is 26.3 Å². The van der Waals surface area contributed by atoms with E-state index in [4.69, 9.17) is 16.3 Å². The molecule has 0 aliphatic heterocycles. The summed E-state index contributed by atoms with van der Waals surface area (Å²) in [5.41, 5.74) is 1.18. The fourth-order valence-electron chi connectivity index (χ4n) is 1.86. The van der Waals surface area contributed by atoms with Crippen LogP contribution in [-0.4, -0.2) is 17.8 Å². The van der Waals surface area contributed by atoms with E-state index in [0.717, 1.165) is 12.8 Å². The standard InChI is InChI=1S/C13H15ClO2/c14-8-13(15)11-6-12(7-11)16-9-10-4-2-1-3-5-10/h1-5,11-12H,6-9H2. The predicted molar refractivity (Wildman–Crippen MR) is 63.5 cm³/mol. The lowest BCUT2D eigenvalue weighted by Crippen LogP contribution is -2.36. The number of Topliss-reactive ketones (excluding diaryl/α,β-unsaturated/α-hetero) is 1. The lowest BCUT2D eigenvalue weighted by Gasteiger charge is -2.33. The Morgan fingerprint density at radius 3 is 2.62 bits per heavy atom. The molecule has 1 fully saturated rings. The van der Waals surface area contributed by atoms with Gasteiger partial charge in [-0.05, 0) is 18.4 Å². The Labute approximate surface area is 101 Å². The van der Waals surface area contributed by atoms with E-state index in [1.807, 2.05) is 30.3 Å². The molecular weight excluding hydrogens is 224 g/mol. The third-order valence-corrected chi connectivity index (χ3v) is 3.27. The number of alkyl halides is 1. The van der Waals surface area contributed by atoms with Crippen molar-refractivity contribution >= 4 is 17.4 Å². The van der Waals surface area contributed by atoms with Crippen LogP contribution in [-0.2, 0) is 16.1 Å². The van der Waals surface area contributed by atoms with E-state index in [1.165, 1.54) is 5.56 Å². The van der Waals surface area contributed by atoms with Crippen LogP contribution in [0.2, 0.25) is 0 Å². The van der Waals surface area contributed by atoms with E-state index in [0.29, 0.717) is 6.61 Å². The minimum absolute atomic E-state index is 0.135. The number of carbonyl (C=O) groups is 1. The van der Waals surface area contributed by atoms with Gasteiger partial charge in [-0.15, -0.1) is 11.6 Å². The highest BCUT2D eigenvalue weighted by molar-refractivity contribution is 6.28. The molecule has 0 aromatic heterocycles. The molecule has 2 nitrogen and oxygen atoms in total. The maximum Gasteiger partial charge on any atom is 0.150 e. The summed E-state index contributed by atoms with van der Waals surface area (Å²) in [6, 6.07) is 10.1. The zero-order chi connectivity index (χ0) is 11.4. The van der Waals surface area contributed by atoms with Gasteiger partial charge in [-0.3, -0.25) is 4.79 Å². The Morgan fingerprint density at radius 1 is 1.31 bits per heavy atom. The molecule has 0 saturated heterocycles. The van der Waals surface area contributed by atoms with Gasteiger partial charge >= 0.3 is 0 Å². The second-order valence-electron chi connectivity index (χ2n) is 4.19. The third-order valence-electron chi connectivity index (χ3n) is 3.01. The van der Waals surface area contributed by atoms with Crippen LogP contribution in [0, 0.1) is 5.92 Å². The molecule has 0 spiro atoms. The number of halogens is 1. The molecular formula is C13H15ClO2. The molecule has 1 aromatic carbocycles. The van der Waals surface area contributed by atoms with Crippen molar-refractivity contribution in [3.8, 4) is 0 Å². The fourth-order valence-corrected chi connectivity index (χ4v) is 2.08. The number of hydrogen-bond donors (Lipinski definition) is 0. The molecule has 0 heterocycles. The molecule has 0 amide bonds. The highest BCUT2D eigenvalue weighted by Gasteiger charge is 2.34. The summed E-state index contributed by atoms with van der Waals surface area (Å²) in [4.78, 5) is 11.2. The molecule has 3 heteroatoms. The summed E-state index contributed by atoms with van der Waals surface area (Å²) in [5, 5.41) is 0. The van der Waals surface area contributed by atoms with Gasteiger partial charge in [0.2, 0.25) is 0 Å². The summed E-state index contributed by atoms with van der Waals surface area (Å²) in [6.07, 6.45) is 1.90. The first-order valence-corrected chi connectivity index (χ1v) is 6.07. The van der Waals surface area contributed by atoms with Crippen molar-refractivity contribution < 1.29 is 9.53 Å². The maximum atomic E-state index is 11.2. The van der Waals surface area contributed by atoms with Gasteiger partial charge in [0, 0.05) is 5.92 Å². The molecule has 1 saturated carbocycles. The second-order valence-corrected chi connectivity index (χ2v) is 4.45. The summed E-state index contributed by atoms with van der Waals surface area (Å²) < 4.78 is 5.69. The molecule has 86 valence electrons. The van der Waals surface area contributed by atoms with E-state index < -0.39 is 0 Å². The molecule has 16 heavy (non-hydrogen) atoms. The molecule has 2 rings (SSSR count). The van der Waals surface area contributed by atoms with E-state index in [9.17, 15) is 4.79 Å². The summed E-state index contributed by atoms with van der Waals surface area (Å²) >= 11 is 5.49. The Hall–Kier alpha value is -0.860. The van der Waals surface area contributed by atoms with Crippen LogP contribution < -0.4 is 0 Å². The quantitative estimate of drug-likeness (QED) is 0.738. The van der Waals surface area contributed by atoms with Gasteiger partial charge in [0.05, 0.1) is 18.6 Å². The highest BCUT2D eigenvalue weighted by Crippen LogP contribution is 2.31. The minimum Gasteiger partial charge on any atom is -0.373 e. The average molecular weight is 239 g/mol. The monoisotopic (exact) mass is 238 g/mol. The van der Waals surface area contributed by atoms with Crippen molar-refractivity contribution in [2.45, 2.75) is 25.6 Å². The molecule has 1 aromatic rings. The molecule has 1 aliphatic rings. The van der Waals surface area contributed by atoms with Crippen LogP contribution in [0.5, 0.6) is 0 Å². The number of hydrogen-bond acceptors (Lipinski definition) is 2. The predicted octanol–water partition coefficient (Wildman–Crippen LogP) is 2.79. The Kier molecular flexibility index (Phi) is 3.97. The van der Waals surface area contributed by atoms with Gasteiger partial charge in [-0.1, -0.05) is 30.3 Å². The van der Waals surface area contributed by atoms with E-state index >= 15 is 0 Å². The first-order chi connectivity index (χ1) is 7.79. The summed E-state index contributed by atoms with van der Waals surface area (Å²) in [5.74, 6) is 0.426. The van der Waals surface area contributed by atoms with Gasteiger partial charge in [-0.25, -0.2) is 0 Å². The van der Waals surface area contributed by atoms with Crippen molar-refractivity contribution in [1.29, 1.82) is 0 Å². The molecule has 0 atom stereocenters. The lowest BCUT2D eigenvalue weighted by atomic mass is 9.80. The number of ketones is 1. The van der Waals surface area contributed by atoms with Crippen molar-refractivity contribution in [2.75, 3.05) is 5.88 Å². The van der Waals surface area contributed by atoms with Crippen LogP contribution in [0.3, 0.4) is 0 Å². The van der Waals surface area contributed by atoms with Gasteiger partial charge in [0.25, 0.3) is 0 Å². The Balaban J connectivity index is 1.69. The zero-order valence-corrected chi connectivity index (χ0v) is 9.82. The van der Waals surface area contributed by atoms with E-state index in [2.05, 4.69) is 0 Å². The molecule has 0 unspecified atom stereocenters. The van der Waals surface area contributed by atoms with Gasteiger partial charge in [-0.2, -0.15) is 0 Å². The van der Waals surface area contributed by atoms with Crippen molar-refractivity contribution in [2.24, 2.45) is 5.92 Å². The average Bonchev–Trinajstić information content (AvgIpc) is 2.28. The second kappa shape index (κ2) is 5.46. The molecule has 1 aliphatic carbocycles. The van der Waals surface area contributed by atoms with Crippen molar-refractivity contribution in [1.82, 2.24) is 0 Å². The summed E-state index contributed by atoms with van der Waals surface area (Å²) in [6.45, 7) is 0.632. The largest absolute Gasteiger partial charge is 0.373 e. The highest BCUT2D eigenvalue weighted by atomic mass is 35.5. The number of ether oxygens (including phenoxy) is 1. The van der Waals surface area contributed by atoms with Crippen LogP contribution in [0.25, 0.3) is 0 Å². The molecule has 0 bridgehead atoms. The van der Waals surface area contributed by atoms with Crippen LogP contribution >= 0.6 is 11.6 Å². The smallest absolute Gasteiger partial charge is 0.150 e. The van der Waals surface area contributed by atoms with E-state index in [-0.39, 0.29) is 23.7 Å².